The van der Waals surface area contributed by atoms with Crippen molar-refractivity contribution in [2.45, 2.75) is 40.0 Å². The highest BCUT2D eigenvalue weighted by molar-refractivity contribution is 5.69. The van der Waals surface area contributed by atoms with Gasteiger partial charge in [-0.05, 0) is 12.3 Å². The number of carbonyl (C=O) groups excluding carboxylic acids is 1. The lowest BCUT2D eigenvalue weighted by Gasteiger charge is -2.18. The molecule has 0 aromatic heterocycles. The molecule has 2 heteroatoms. The molecule has 0 bridgehead atoms. The molecular weight excluding hydrogens is 140 g/mol. The van der Waals surface area contributed by atoms with Gasteiger partial charge in [-0.1, -0.05) is 33.6 Å². The molecule has 0 amide bonds. The Morgan fingerprint density at radius 2 is 1.55 bits per heavy atom. The van der Waals surface area contributed by atoms with Crippen LogP contribution in [-0.2, 0) is 9.90 Å². The molecular formula is C9H17O2. The number of rotatable bonds is 5. The third kappa shape index (κ3) is 2.91. The first-order chi connectivity index (χ1) is 5.17. The minimum absolute atomic E-state index is 0.245. The van der Waals surface area contributed by atoms with E-state index in [0.717, 1.165) is 12.8 Å². The highest BCUT2D eigenvalue weighted by Crippen LogP contribution is 2.22. The van der Waals surface area contributed by atoms with Gasteiger partial charge < -0.3 is 0 Å². The van der Waals surface area contributed by atoms with Crippen molar-refractivity contribution in [3.63, 3.8) is 0 Å². The van der Waals surface area contributed by atoms with Gasteiger partial charge in [-0.25, -0.2) is 9.90 Å². The van der Waals surface area contributed by atoms with Crippen LogP contribution in [0.1, 0.15) is 40.0 Å². The Labute approximate surface area is 68.6 Å². The van der Waals surface area contributed by atoms with E-state index in [2.05, 4.69) is 0 Å². The summed E-state index contributed by atoms with van der Waals surface area (Å²) >= 11 is 0. The van der Waals surface area contributed by atoms with Crippen LogP contribution in [0.5, 0.6) is 0 Å². The fourth-order valence-electron chi connectivity index (χ4n) is 1.55. The van der Waals surface area contributed by atoms with Gasteiger partial charge in [0.15, 0.2) is 0 Å². The van der Waals surface area contributed by atoms with Crippen LogP contribution in [0.15, 0.2) is 0 Å². The van der Waals surface area contributed by atoms with Gasteiger partial charge in [0, 0.05) is 0 Å². The molecule has 0 saturated heterocycles. The lowest BCUT2D eigenvalue weighted by molar-refractivity contribution is -0.150. The quantitative estimate of drug-likeness (QED) is 0.603. The van der Waals surface area contributed by atoms with E-state index in [1.54, 1.807) is 0 Å². The van der Waals surface area contributed by atoms with Crippen molar-refractivity contribution in [3.05, 3.63) is 0 Å². The Balaban J connectivity index is 4.09. The van der Waals surface area contributed by atoms with E-state index in [9.17, 15) is 9.90 Å². The molecule has 1 unspecified atom stereocenters. The average Bonchev–Trinajstić information content (AvgIpc) is 1.99. The van der Waals surface area contributed by atoms with E-state index in [-0.39, 0.29) is 5.92 Å². The number of hydrogen-bond acceptors (Lipinski definition) is 1. The van der Waals surface area contributed by atoms with Gasteiger partial charge in [-0.15, -0.1) is 0 Å². The summed E-state index contributed by atoms with van der Waals surface area (Å²) in [5, 5.41) is 10.6. The molecule has 0 rings (SSSR count). The summed E-state index contributed by atoms with van der Waals surface area (Å²) in [6.07, 6.45) is 2.56. The van der Waals surface area contributed by atoms with Crippen LogP contribution in [0.25, 0.3) is 0 Å². The zero-order valence-electron chi connectivity index (χ0n) is 7.59. The first kappa shape index (κ1) is 10.5. The highest BCUT2D eigenvalue weighted by atomic mass is 16.4. The van der Waals surface area contributed by atoms with Crippen LogP contribution in [0.4, 0.5) is 0 Å². The van der Waals surface area contributed by atoms with Crippen molar-refractivity contribution in [2.75, 3.05) is 0 Å². The maximum atomic E-state index is 10.6. The second-order valence-corrected chi connectivity index (χ2v) is 2.91. The second-order valence-electron chi connectivity index (χ2n) is 2.91. The van der Waals surface area contributed by atoms with Gasteiger partial charge in [0.05, 0.1) is 5.92 Å². The summed E-state index contributed by atoms with van der Waals surface area (Å²) in [6, 6.07) is 0. The smallest absolute Gasteiger partial charge is 0.247 e. The first-order valence-corrected chi connectivity index (χ1v) is 4.38. The van der Waals surface area contributed by atoms with Crippen LogP contribution in [0.2, 0.25) is 0 Å². The molecule has 0 spiro atoms. The molecule has 0 heterocycles. The van der Waals surface area contributed by atoms with Crippen molar-refractivity contribution >= 4 is 5.97 Å². The Morgan fingerprint density at radius 1 is 1.09 bits per heavy atom. The molecule has 0 aliphatic carbocycles. The van der Waals surface area contributed by atoms with Crippen molar-refractivity contribution in [1.29, 1.82) is 0 Å². The summed E-state index contributed by atoms with van der Waals surface area (Å²) in [5.41, 5.74) is 0. The maximum Gasteiger partial charge on any atom is 0.358 e. The summed E-state index contributed by atoms with van der Waals surface area (Å²) in [7, 11) is 0. The fraction of sp³-hybridized carbons (Fsp3) is 0.889. The fourth-order valence-corrected chi connectivity index (χ4v) is 1.55. The Hall–Kier alpha value is -0.530. The minimum atomic E-state index is -0.888. The first-order valence-electron chi connectivity index (χ1n) is 4.38. The van der Waals surface area contributed by atoms with Crippen LogP contribution in [0.3, 0.4) is 0 Å². The molecule has 0 fully saturated rings. The van der Waals surface area contributed by atoms with E-state index in [4.69, 9.17) is 0 Å². The predicted molar refractivity (Wildman–Crippen MR) is 43.5 cm³/mol. The Bertz CT molecular complexity index is 117. The van der Waals surface area contributed by atoms with E-state index in [0.29, 0.717) is 12.3 Å². The molecule has 11 heavy (non-hydrogen) atoms. The number of hydrogen-bond donors (Lipinski definition) is 0. The molecule has 0 saturated carbocycles. The highest BCUT2D eigenvalue weighted by Gasteiger charge is 2.24. The van der Waals surface area contributed by atoms with Crippen LogP contribution in [0, 0.1) is 11.8 Å². The summed E-state index contributed by atoms with van der Waals surface area (Å²) in [5.74, 6) is -0.837. The third-order valence-electron chi connectivity index (χ3n) is 2.36. The normalized spacial score (nSPS) is 13.5. The topological polar surface area (TPSA) is 37.0 Å². The lowest BCUT2D eigenvalue weighted by atomic mass is 9.86. The maximum absolute atomic E-state index is 10.6. The molecule has 2 nitrogen and oxygen atoms in total. The van der Waals surface area contributed by atoms with E-state index >= 15 is 0 Å². The predicted octanol–water partition coefficient (Wildman–Crippen LogP) is 2.41. The molecule has 65 valence electrons. The van der Waals surface area contributed by atoms with Gasteiger partial charge in [0.25, 0.3) is 0 Å². The monoisotopic (exact) mass is 157 g/mol. The summed E-state index contributed by atoms with van der Waals surface area (Å²) < 4.78 is 0. The number of carbonyl (C=O) groups is 1. The van der Waals surface area contributed by atoms with Crippen molar-refractivity contribution < 1.29 is 9.90 Å². The van der Waals surface area contributed by atoms with Crippen LogP contribution >= 0.6 is 0 Å². The van der Waals surface area contributed by atoms with E-state index < -0.39 is 5.97 Å². The molecule has 0 aromatic rings. The molecule has 1 atom stereocenters. The molecule has 0 aliphatic heterocycles. The summed E-state index contributed by atoms with van der Waals surface area (Å²) in [4.78, 5) is 10.6. The largest absolute Gasteiger partial charge is 0.358 e. The van der Waals surface area contributed by atoms with Crippen molar-refractivity contribution in [1.82, 2.24) is 0 Å². The van der Waals surface area contributed by atoms with Gasteiger partial charge in [0.1, 0.15) is 0 Å². The van der Waals surface area contributed by atoms with E-state index in [1.165, 1.54) is 0 Å². The molecule has 0 aromatic carbocycles. The standard InChI is InChI=1S/C9H17O2/c1-4-7(5-2)8(6-3)9(10)11/h7-8H,4-6H2,1-3H3. The van der Waals surface area contributed by atoms with Gasteiger partial charge >= 0.3 is 5.97 Å². The van der Waals surface area contributed by atoms with Crippen molar-refractivity contribution in [2.24, 2.45) is 11.8 Å². The van der Waals surface area contributed by atoms with Gasteiger partial charge in [-0.2, -0.15) is 0 Å². The molecule has 0 aliphatic rings. The lowest BCUT2D eigenvalue weighted by Crippen LogP contribution is -2.20. The van der Waals surface area contributed by atoms with Gasteiger partial charge in [0.2, 0.25) is 0 Å². The molecule has 0 N–H and O–H groups in total. The second kappa shape index (κ2) is 5.16. The average molecular weight is 157 g/mol. The van der Waals surface area contributed by atoms with Crippen molar-refractivity contribution in [3.8, 4) is 0 Å². The SMILES string of the molecule is CCC(CC)C(CC)C([O])=O. The zero-order chi connectivity index (χ0) is 8.85. The third-order valence-corrected chi connectivity index (χ3v) is 2.36. The van der Waals surface area contributed by atoms with Gasteiger partial charge in [-0.3, -0.25) is 0 Å². The zero-order valence-corrected chi connectivity index (χ0v) is 7.59. The van der Waals surface area contributed by atoms with E-state index in [1.807, 2.05) is 20.8 Å². The Kier molecular flexibility index (Phi) is 4.92. The minimum Gasteiger partial charge on any atom is -0.247 e. The van der Waals surface area contributed by atoms with Crippen LogP contribution < -0.4 is 0 Å². The molecule has 1 radical (unpaired) electrons. The van der Waals surface area contributed by atoms with Crippen LogP contribution in [-0.4, -0.2) is 5.97 Å². The summed E-state index contributed by atoms with van der Waals surface area (Å²) in [6.45, 7) is 5.96. The Morgan fingerprint density at radius 3 is 1.64 bits per heavy atom.